The third-order valence-corrected chi connectivity index (χ3v) is 2.86. The zero-order chi connectivity index (χ0) is 12.1. The molecule has 1 aromatic heterocycles. The molecule has 0 fully saturated rings. The number of anilines is 2. The van der Waals surface area contributed by atoms with E-state index in [1.807, 2.05) is 0 Å². The fourth-order valence-electron chi connectivity index (χ4n) is 1.57. The highest BCUT2D eigenvalue weighted by molar-refractivity contribution is 9.10. The van der Waals surface area contributed by atoms with Crippen molar-refractivity contribution >= 4 is 27.7 Å². The molecular weight excluding hydrogens is 272 g/mol. The molecule has 0 aromatic carbocycles. The van der Waals surface area contributed by atoms with Crippen LogP contribution in [0.4, 0.5) is 11.8 Å². The summed E-state index contributed by atoms with van der Waals surface area (Å²) in [6, 6.07) is 0.237. The van der Waals surface area contributed by atoms with Crippen LogP contribution in [0.5, 0.6) is 0 Å². The molecule has 0 aliphatic carbocycles. The van der Waals surface area contributed by atoms with Gasteiger partial charge in [-0.2, -0.15) is 4.98 Å². The highest BCUT2D eigenvalue weighted by atomic mass is 79.9. The fraction of sp³-hybridized carbons (Fsp3) is 0.600. The number of aromatic nitrogens is 2. The summed E-state index contributed by atoms with van der Waals surface area (Å²) in [5.41, 5.74) is 5.59. The topological polar surface area (TPSA) is 64.3 Å². The third-order valence-electron chi connectivity index (χ3n) is 2.30. The number of nitrogens with zero attached hydrogens (tertiary/aromatic N) is 3. The Morgan fingerprint density at radius 1 is 1.62 bits per heavy atom. The van der Waals surface area contributed by atoms with Crippen LogP contribution in [0, 0.1) is 0 Å². The van der Waals surface area contributed by atoms with Gasteiger partial charge >= 0.3 is 0 Å². The van der Waals surface area contributed by atoms with Crippen LogP contribution in [0.15, 0.2) is 10.7 Å². The Morgan fingerprint density at radius 3 is 2.88 bits per heavy atom. The van der Waals surface area contributed by atoms with E-state index in [-0.39, 0.29) is 12.0 Å². The molecule has 1 atom stereocenters. The SMILES string of the molecule is CCN(c1nc(N)ncc1Br)C(C)COC. The number of hydrogen-bond donors (Lipinski definition) is 1. The first-order valence-corrected chi connectivity index (χ1v) is 5.93. The summed E-state index contributed by atoms with van der Waals surface area (Å²) < 4.78 is 5.99. The zero-order valence-corrected chi connectivity index (χ0v) is 11.4. The highest BCUT2D eigenvalue weighted by Crippen LogP contribution is 2.25. The number of hydrogen-bond acceptors (Lipinski definition) is 5. The zero-order valence-electron chi connectivity index (χ0n) is 9.77. The van der Waals surface area contributed by atoms with E-state index in [2.05, 4.69) is 44.6 Å². The van der Waals surface area contributed by atoms with E-state index in [0.717, 1.165) is 16.8 Å². The van der Waals surface area contributed by atoms with Gasteiger partial charge in [-0.1, -0.05) is 0 Å². The quantitative estimate of drug-likeness (QED) is 0.893. The average Bonchev–Trinajstić information content (AvgIpc) is 2.24. The van der Waals surface area contributed by atoms with E-state index in [4.69, 9.17) is 10.5 Å². The van der Waals surface area contributed by atoms with Gasteiger partial charge in [-0.05, 0) is 29.8 Å². The third kappa shape index (κ3) is 3.05. The number of methoxy groups -OCH3 is 1. The van der Waals surface area contributed by atoms with Crippen molar-refractivity contribution in [3.8, 4) is 0 Å². The number of nitrogens with two attached hydrogens (primary N) is 1. The minimum atomic E-state index is 0.237. The van der Waals surface area contributed by atoms with Crippen molar-refractivity contribution in [3.05, 3.63) is 10.7 Å². The summed E-state index contributed by atoms with van der Waals surface area (Å²) in [5, 5.41) is 0. The van der Waals surface area contributed by atoms with Gasteiger partial charge in [-0.25, -0.2) is 4.98 Å². The second-order valence-electron chi connectivity index (χ2n) is 3.49. The van der Waals surface area contributed by atoms with E-state index in [0.29, 0.717) is 6.61 Å². The van der Waals surface area contributed by atoms with Gasteiger partial charge in [-0.3, -0.25) is 0 Å². The van der Waals surface area contributed by atoms with E-state index >= 15 is 0 Å². The number of nitrogen functional groups attached to an aromatic ring is 1. The van der Waals surface area contributed by atoms with E-state index in [9.17, 15) is 0 Å². The average molecular weight is 289 g/mol. The molecule has 0 aliphatic rings. The lowest BCUT2D eigenvalue weighted by Crippen LogP contribution is -2.37. The number of rotatable bonds is 5. The Morgan fingerprint density at radius 2 is 2.31 bits per heavy atom. The molecule has 0 saturated carbocycles. The molecule has 1 aromatic rings. The second kappa shape index (κ2) is 6.00. The molecule has 0 aliphatic heterocycles. The van der Waals surface area contributed by atoms with E-state index in [1.165, 1.54) is 0 Å². The Balaban J connectivity index is 2.98. The molecule has 6 heteroatoms. The molecule has 90 valence electrons. The van der Waals surface area contributed by atoms with Gasteiger partial charge in [0.05, 0.1) is 17.1 Å². The van der Waals surface area contributed by atoms with Gasteiger partial charge in [0, 0.05) is 19.9 Å². The van der Waals surface area contributed by atoms with E-state index < -0.39 is 0 Å². The van der Waals surface area contributed by atoms with Crippen LogP contribution in [0.2, 0.25) is 0 Å². The normalized spacial score (nSPS) is 12.5. The predicted molar refractivity (Wildman–Crippen MR) is 68.5 cm³/mol. The van der Waals surface area contributed by atoms with E-state index in [1.54, 1.807) is 13.3 Å². The predicted octanol–water partition coefficient (Wildman–Crippen LogP) is 1.68. The lowest BCUT2D eigenvalue weighted by molar-refractivity contribution is 0.181. The Kier molecular flexibility index (Phi) is 4.95. The van der Waals surface area contributed by atoms with Crippen LogP contribution >= 0.6 is 15.9 Å². The van der Waals surface area contributed by atoms with Crippen LogP contribution in [-0.4, -0.2) is 36.3 Å². The maximum atomic E-state index is 5.59. The summed E-state index contributed by atoms with van der Waals surface area (Å²) >= 11 is 3.43. The summed E-state index contributed by atoms with van der Waals surface area (Å²) in [6.07, 6.45) is 1.67. The van der Waals surface area contributed by atoms with Gasteiger partial charge < -0.3 is 15.4 Å². The molecule has 0 radical (unpaired) electrons. The molecule has 0 bridgehead atoms. The Bertz CT molecular complexity index is 348. The molecular formula is C10H17BrN4O. The van der Waals surface area contributed by atoms with Crippen molar-refractivity contribution < 1.29 is 4.74 Å². The summed E-state index contributed by atoms with van der Waals surface area (Å²) in [5.74, 6) is 1.08. The number of likely N-dealkylation sites (N-methyl/N-ethyl adjacent to an activating group) is 1. The summed E-state index contributed by atoms with van der Waals surface area (Å²) in [7, 11) is 1.69. The van der Waals surface area contributed by atoms with Crippen LogP contribution in [-0.2, 0) is 4.74 Å². The molecule has 2 N–H and O–H groups in total. The summed E-state index contributed by atoms with van der Waals surface area (Å²) in [6.45, 7) is 5.62. The molecule has 1 heterocycles. The Labute approximate surface area is 104 Å². The number of ether oxygens (including phenoxy) is 1. The minimum Gasteiger partial charge on any atom is -0.383 e. The minimum absolute atomic E-state index is 0.237. The molecule has 0 amide bonds. The van der Waals surface area contributed by atoms with Crippen molar-refractivity contribution in [1.82, 2.24) is 9.97 Å². The van der Waals surface area contributed by atoms with Gasteiger partial charge in [0.1, 0.15) is 5.82 Å². The molecule has 16 heavy (non-hydrogen) atoms. The first-order chi connectivity index (χ1) is 7.60. The van der Waals surface area contributed by atoms with Crippen LogP contribution in [0.1, 0.15) is 13.8 Å². The van der Waals surface area contributed by atoms with Crippen LogP contribution < -0.4 is 10.6 Å². The van der Waals surface area contributed by atoms with Gasteiger partial charge in [-0.15, -0.1) is 0 Å². The molecule has 1 unspecified atom stereocenters. The smallest absolute Gasteiger partial charge is 0.222 e. The van der Waals surface area contributed by atoms with Crippen molar-refractivity contribution in [3.63, 3.8) is 0 Å². The largest absolute Gasteiger partial charge is 0.383 e. The van der Waals surface area contributed by atoms with Crippen LogP contribution in [0.25, 0.3) is 0 Å². The maximum absolute atomic E-state index is 5.59. The van der Waals surface area contributed by atoms with Gasteiger partial charge in [0.25, 0.3) is 0 Å². The fourth-order valence-corrected chi connectivity index (χ4v) is 1.99. The van der Waals surface area contributed by atoms with Gasteiger partial charge in [0.15, 0.2) is 0 Å². The van der Waals surface area contributed by atoms with Crippen molar-refractivity contribution in [2.45, 2.75) is 19.9 Å². The highest BCUT2D eigenvalue weighted by Gasteiger charge is 2.17. The monoisotopic (exact) mass is 288 g/mol. The second-order valence-corrected chi connectivity index (χ2v) is 4.34. The number of halogens is 1. The maximum Gasteiger partial charge on any atom is 0.222 e. The molecule has 0 saturated heterocycles. The first-order valence-electron chi connectivity index (χ1n) is 5.13. The standard InChI is InChI=1S/C10H17BrN4O/c1-4-15(7(2)6-16-3)9-8(11)5-13-10(12)14-9/h5,7H,4,6H2,1-3H3,(H2,12,13,14). The first kappa shape index (κ1) is 13.2. The van der Waals surface area contributed by atoms with Crippen molar-refractivity contribution in [1.29, 1.82) is 0 Å². The molecule has 1 rings (SSSR count). The molecule has 5 nitrogen and oxygen atoms in total. The summed E-state index contributed by atoms with van der Waals surface area (Å²) in [4.78, 5) is 10.3. The van der Waals surface area contributed by atoms with Crippen LogP contribution in [0.3, 0.4) is 0 Å². The van der Waals surface area contributed by atoms with Crippen molar-refractivity contribution in [2.75, 3.05) is 30.9 Å². The molecule has 0 spiro atoms. The van der Waals surface area contributed by atoms with Gasteiger partial charge in [0.2, 0.25) is 5.95 Å². The lowest BCUT2D eigenvalue weighted by atomic mass is 10.3. The lowest BCUT2D eigenvalue weighted by Gasteiger charge is -2.29. The Hall–Kier alpha value is -0.880. The van der Waals surface area contributed by atoms with Crippen molar-refractivity contribution in [2.24, 2.45) is 0 Å².